The molecule has 2 N–H and O–H groups in total. The zero-order chi connectivity index (χ0) is 21.8. The molecule has 0 saturated heterocycles. The van der Waals surface area contributed by atoms with E-state index in [1.807, 2.05) is 0 Å². The van der Waals surface area contributed by atoms with Crippen LogP contribution < -0.4 is 0 Å². The molecule has 176 valence electrons. The fraction of sp³-hybridized carbons (Fsp3) is 1.00. The molecule has 0 amide bonds. The van der Waals surface area contributed by atoms with E-state index in [-0.39, 0.29) is 12.8 Å². The summed E-state index contributed by atoms with van der Waals surface area (Å²) in [5.74, 6) is 0. The van der Waals surface area contributed by atoms with Crippen LogP contribution in [0.1, 0.15) is 149 Å². The molecular formula is C24H50O4S. The molecule has 0 bridgehead atoms. The highest BCUT2D eigenvalue weighted by atomic mass is 32.2. The molecule has 0 aliphatic rings. The van der Waals surface area contributed by atoms with Crippen molar-refractivity contribution >= 4 is 10.1 Å². The van der Waals surface area contributed by atoms with E-state index in [1.165, 1.54) is 103 Å². The first-order valence-corrected chi connectivity index (χ1v) is 14.0. The summed E-state index contributed by atoms with van der Waals surface area (Å²) in [6, 6.07) is 0. The standard InChI is InChI=1S/C24H50O4S/c1-3-5-6-7-8-9-10-11-12-13-14-15-16-17-18-19-20-21-22-23-24(25,4-2)29(26,27)28/h25H,3-23H2,1-2H3,(H,26,27,28). The van der Waals surface area contributed by atoms with E-state index in [4.69, 9.17) is 4.55 Å². The van der Waals surface area contributed by atoms with Crippen molar-refractivity contribution < 1.29 is 18.1 Å². The predicted molar refractivity (Wildman–Crippen MR) is 125 cm³/mol. The van der Waals surface area contributed by atoms with E-state index in [1.54, 1.807) is 6.92 Å². The minimum absolute atomic E-state index is 0.0326. The largest absolute Gasteiger partial charge is 0.372 e. The molecule has 0 rings (SSSR count). The van der Waals surface area contributed by atoms with Crippen LogP contribution in [0.3, 0.4) is 0 Å². The van der Waals surface area contributed by atoms with Crippen molar-refractivity contribution in [3.8, 4) is 0 Å². The van der Waals surface area contributed by atoms with Crippen molar-refractivity contribution in [3.63, 3.8) is 0 Å². The second kappa shape index (κ2) is 18.6. The maximum absolute atomic E-state index is 11.2. The molecular weight excluding hydrogens is 384 g/mol. The van der Waals surface area contributed by atoms with Crippen LogP contribution in [0.2, 0.25) is 0 Å². The van der Waals surface area contributed by atoms with Gasteiger partial charge in [-0.15, -0.1) is 0 Å². The number of aliphatic hydroxyl groups is 1. The van der Waals surface area contributed by atoms with Gasteiger partial charge in [0.2, 0.25) is 0 Å². The van der Waals surface area contributed by atoms with Gasteiger partial charge in [-0.3, -0.25) is 4.55 Å². The zero-order valence-corrected chi connectivity index (χ0v) is 20.3. The smallest absolute Gasteiger partial charge is 0.294 e. The number of rotatable bonds is 22. The molecule has 1 atom stereocenters. The average molecular weight is 435 g/mol. The molecule has 0 aromatic heterocycles. The monoisotopic (exact) mass is 434 g/mol. The maximum atomic E-state index is 11.2. The SMILES string of the molecule is CCCCCCCCCCCCCCCCCCCCCC(O)(CC)S(=O)(=O)O. The molecule has 0 spiro atoms. The third kappa shape index (κ3) is 16.3. The molecule has 0 fully saturated rings. The van der Waals surface area contributed by atoms with Crippen molar-refractivity contribution in [2.45, 2.75) is 154 Å². The lowest BCUT2D eigenvalue weighted by Crippen LogP contribution is -2.37. The first kappa shape index (κ1) is 28.9. The maximum Gasteiger partial charge on any atom is 0.294 e. The molecule has 0 aromatic rings. The van der Waals surface area contributed by atoms with Crippen molar-refractivity contribution in [2.75, 3.05) is 0 Å². The summed E-state index contributed by atoms with van der Waals surface area (Å²) in [7, 11) is -4.38. The Balaban J connectivity index is 3.28. The van der Waals surface area contributed by atoms with Gasteiger partial charge in [0.05, 0.1) is 0 Å². The van der Waals surface area contributed by atoms with E-state index in [9.17, 15) is 13.5 Å². The van der Waals surface area contributed by atoms with Crippen molar-refractivity contribution in [3.05, 3.63) is 0 Å². The van der Waals surface area contributed by atoms with Gasteiger partial charge in [0, 0.05) is 0 Å². The molecule has 0 aliphatic carbocycles. The number of unbranched alkanes of at least 4 members (excludes halogenated alkanes) is 18. The quantitative estimate of drug-likeness (QED) is 0.135. The Morgan fingerprint density at radius 3 is 1.07 bits per heavy atom. The van der Waals surface area contributed by atoms with Crippen LogP contribution in [0, 0.1) is 0 Å². The molecule has 0 heterocycles. The van der Waals surface area contributed by atoms with Gasteiger partial charge in [0.25, 0.3) is 10.1 Å². The van der Waals surface area contributed by atoms with Crippen LogP contribution >= 0.6 is 0 Å². The molecule has 4 nitrogen and oxygen atoms in total. The summed E-state index contributed by atoms with van der Waals surface area (Å²) < 4.78 is 31.5. The van der Waals surface area contributed by atoms with Crippen molar-refractivity contribution in [1.29, 1.82) is 0 Å². The molecule has 5 heteroatoms. The fourth-order valence-electron chi connectivity index (χ4n) is 3.97. The summed E-state index contributed by atoms with van der Waals surface area (Å²) >= 11 is 0. The molecule has 0 radical (unpaired) electrons. The Hall–Kier alpha value is -0.130. The summed E-state index contributed by atoms with van der Waals surface area (Å²) in [6.45, 7) is 3.86. The molecule has 0 saturated carbocycles. The molecule has 0 aliphatic heterocycles. The Morgan fingerprint density at radius 1 is 0.552 bits per heavy atom. The second-order valence-electron chi connectivity index (χ2n) is 8.89. The molecule has 0 aromatic carbocycles. The minimum Gasteiger partial charge on any atom is -0.372 e. The van der Waals surface area contributed by atoms with Gasteiger partial charge >= 0.3 is 0 Å². The highest BCUT2D eigenvalue weighted by Crippen LogP contribution is 2.25. The Kier molecular flexibility index (Phi) is 18.5. The lowest BCUT2D eigenvalue weighted by atomic mass is 10.0. The van der Waals surface area contributed by atoms with Crippen LogP contribution in [-0.2, 0) is 10.1 Å². The van der Waals surface area contributed by atoms with Gasteiger partial charge in [-0.2, -0.15) is 8.42 Å². The summed E-state index contributed by atoms with van der Waals surface area (Å²) in [5, 5.41) is 9.96. The van der Waals surface area contributed by atoms with Crippen molar-refractivity contribution in [2.24, 2.45) is 0 Å². The first-order valence-electron chi connectivity index (χ1n) is 12.6. The third-order valence-electron chi connectivity index (χ3n) is 6.20. The normalized spacial score (nSPS) is 14.2. The van der Waals surface area contributed by atoms with Gasteiger partial charge in [-0.25, -0.2) is 0 Å². The predicted octanol–water partition coefficient (Wildman–Crippen LogP) is 7.79. The van der Waals surface area contributed by atoms with Gasteiger partial charge < -0.3 is 5.11 Å². The van der Waals surface area contributed by atoms with E-state index in [2.05, 4.69) is 6.92 Å². The number of hydrogen-bond donors (Lipinski definition) is 2. The first-order chi connectivity index (χ1) is 13.9. The summed E-state index contributed by atoms with van der Waals surface area (Å²) in [6.07, 6.45) is 24.6. The van der Waals surface area contributed by atoms with Crippen LogP contribution in [0.5, 0.6) is 0 Å². The van der Waals surface area contributed by atoms with Gasteiger partial charge in [0.1, 0.15) is 0 Å². The van der Waals surface area contributed by atoms with Crippen LogP contribution in [-0.4, -0.2) is 23.0 Å². The lowest BCUT2D eigenvalue weighted by molar-refractivity contribution is 0.0965. The van der Waals surface area contributed by atoms with E-state index < -0.39 is 15.1 Å². The minimum atomic E-state index is -4.38. The van der Waals surface area contributed by atoms with Crippen molar-refractivity contribution in [1.82, 2.24) is 0 Å². The summed E-state index contributed by atoms with van der Waals surface area (Å²) in [4.78, 5) is -1.96. The number of hydrogen-bond acceptors (Lipinski definition) is 3. The lowest BCUT2D eigenvalue weighted by Gasteiger charge is -2.22. The van der Waals surface area contributed by atoms with E-state index in [0.29, 0.717) is 6.42 Å². The van der Waals surface area contributed by atoms with Gasteiger partial charge in [-0.1, -0.05) is 129 Å². The highest BCUT2D eigenvalue weighted by Gasteiger charge is 2.37. The zero-order valence-electron chi connectivity index (χ0n) is 19.5. The fourth-order valence-corrected chi connectivity index (χ4v) is 4.73. The molecule has 29 heavy (non-hydrogen) atoms. The Labute approximate surface area is 182 Å². The van der Waals surface area contributed by atoms with Crippen LogP contribution in [0.4, 0.5) is 0 Å². The van der Waals surface area contributed by atoms with Gasteiger partial charge in [0.15, 0.2) is 4.93 Å². The summed E-state index contributed by atoms with van der Waals surface area (Å²) in [5.41, 5.74) is 0. The Morgan fingerprint density at radius 2 is 0.828 bits per heavy atom. The van der Waals surface area contributed by atoms with E-state index >= 15 is 0 Å². The third-order valence-corrected chi connectivity index (χ3v) is 7.66. The van der Waals surface area contributed by atoms with Gasteiger partial charge in [-0.05, 0) is 19.3 Å². The topological polar surface area (TPSA) is 74.6 Å². The second-order valence-corrected chi connectivity index (χ2v) is 10.6. The Bertz CT molecular complexity index is 450. The van der Waals surface area contributed by atoms with Crippen LogP contribution in [0.25, 0.3) is 0 Å². The highest BCUT2D eigenvalue weighted by molar-refractivity contribution is 7.87. The average Bonchev–Trinajstić information content (AvgIpc) is 2.68. The molecule has 1 unspecified atom stereocenters. The van der Waals surface area contributed by atoms with E-state index in [0.717, 1.165) is 12.8 Å². The van der Waals surface area contributed by atoms with Crippen LogP contribution in [0.15, 0.2) is 0 Å².